The summed E-state index contributed by atoms with van der Waals surface area (Å²) in [6.45, 7) is 3.16. The highest BCUT2D eigenvalue weighted by atomic mass is 32.1. The Hall–Kier alpha value is -1.83. The average molecular weight is 285 g/mol. The normalized spacial score (nSPS) is 10.2. The Morgan fingerprint density at radius 1 is 1.47 bits per heavy atom. The first-order valence-corrected chi connectivity index (χ1v) is 6.81. The Balaban J connectivity index is 2.57. The summed E-state index contributed by atoms with van der Waals surface area (Å²) in [4.78, 5) is 28.9. The predicted octanol–water partition coefficient (Wildman–Crippen LogP) is 0.177. The van der Waals surface area contributed by atoms with Gasteiger partial charge in [0.1, 0.15) is 10.7 Å². The van der Waals surface area contributed by atoms with Crippen LogP contribution in [0.4, 0.5) is 10.9 Å². The molecule has 0 saturated carbocycles. The molecule has 8 heteroatoms. The van der Waals surface area contributed by atoms with E-state index in [2.05, 4.69) is 10.3 Å². The molecule has 0 aliphatic heterocycles. The third kappa shape index (κ3) is 4.40. The summed E-state index contributed by atoms with van der Waals surface area (Å²) in [5.74, 6) is -0.415. The molecule has 0 aromatic carbocycles. The summed E-state index contributed by atoms with van der Waals surface area (Å²) in [5.41, 5.74) is 10.7. The van der Waals surface area contributed by atoms with E-state index >= 15 is 0 Å². The lowest BCUT2D eigenvalue weighted by Crippen LogP contribution is -2.25. The van der Waals surface area contributed by atoms with Crippen LogP contribution in [0.25, 0.3) is 0 Å². The largest absolute Gasteiger partial charge is 0.382 e. The molecule has 19 heavy (non-hydrogen) atoms. The highest BCUT2D eigenvalue weighted by Gasteiger charge is 2.17. The van der Waals surface area contributed by atoms with Crippen LogP contribution in [0.5, 0.6) is 0 Å². The van der Waals surface area contributed by atoms with Gasteiger partial charge in [0.15, 0.2) is 5.13 Å². The Bertz CT molecular complexity index is 460. The second-order valence-electron chi connectivity index (χ2n) is 4.05. The van der Waals surface area contributed by atoms with E-state index in [0.29, 0.717) is 23.0 Å². The summed E-state index contributed by atoms with van der Waals surface area (Å²) in [5, 5.41) is 3.40. The lowest BCUT2D eigenvalue weighted by atomic mass is 10.3. The van der Waals surface area contributed by atoms with Crippen LogP contribution in [0.1, 0.15) is 29.4 Å². The van der Waals surface area contributed by atoms with E-state index in [1.807, 2.05) is 18.9 Å². The number of nitrogens with zero attached hydrogens (tertiary/aromatic N) is 2. The number of amides is 2. The molecule has 1 heterocycles. The van der Waals surface area contributed by atoms with Crippen molar-refractivity contribution in [1.82, 2.24) is 10.3 Å². The topological polar surface area (TPSA) is 114 Å². The third-order valence-electron chi connectivity index (χ3n) is 2.53. The number of anilines is 2. The second-order valence-corrected chi connectivity index (χ2v) is 5.03. The van der Waals surface area contributed by atoms with Crippen molar-refractivity contribution in [2.75, 3.05) is 30.8 Å². The van der Waals surface area contributed by atoms with Crippen molar-refractivity contribution in [2.45, 2.75) is 19.8 Å². The van der Waals surface area contributed by atoms with Crippen LogP contribution in [-0.2, 0) is 4.79 Å². The zero-order valence-electron chi connectivity index (χ0n) is 11.1. The number of nitrogens with one attached hydrogen (secondary N) is 1. The van der Waals surface area contributed by atoms with Gasteiger partial charge in [-0.05, 0) is 13.3 Å². The van der Waals surface area contributed by atoms with Crippen LogP contribution < -0.4 is 21.7 Å². The van der Waals surface area contributed by atoms with Gasteiger partial charge in [0.2, 0.25) is 5.91 Å². The molecule has 1 rings (SSSR count). The number of carbonyl (C=O) groups excluding carboxylic acids is 2. The highest BCUT2D eigenvalue weighted by molar-refractivity contribution is 7.18. The molecule has 0 radical (unpaired) electrons. The van der Waals surface area contributed by atoms with Gasteiger partial charge in [-0.2, -0.15) is 0 Å². The zero-order valence-corrected chi connectivity index (χ0v) is 11.9. The first kappa shape index (κ1) is 15.2. The van der Waals surface area contributed by atoms with Crippen molar-refractivity contribution < 1.29 is 9.59 Å². The van der Waals surface area contributed by atoms with Crippen molar-refractivity contribution in [3.63, 3.8) is 0 Å². The van der Waals surface area contributed by atoms with E-state index in [-0.39, 0.29) is 24.1 Å². The number of thiazole rings is 1. The maximum Gasteiger partial charge on any atom is 0.265 e. The quantitative estimate of drug-likeness (QED) is 0.618. The molecule has 7 nitrogen and oxygen atoms in total. The second kappa shape index (κ2) is 6.93. The lowest BCUT2D eigenvalue weighted by Gasteiger charge is -2.10. The molecule has 5 N–H and O–H groups in total. The molecule has 1 aromatic rings. The van der Waals surface area contributed by atoms with Gasteiger partial charge >= 0.3 is 0 Å². The first-order chi connectivity index (χ1) is 8.95. The monoisotopic (exact) mass is 285 g/mol. The van der Waals surface area contributed by atoms with Crippen LogP contribution in [0, 0.1) is 0 Å². The van der Waals surface area contributed by atoms with Gasteiger partial charge in [0.05, 0.1) is 0 Å². The molecule has 106 valence electrons. The van der Waals surface area contributed by atoms with Crippen molar-refractivity contribution in [3.8, 4) is 0 Å². The van der Waals surface area contributed by atoms with Crippen LogP contribution in [-0.4, -0.2) is 36.9 Å². The van der Waals surface area contributed by atoms with Gasteiger partial charge < -0.3 is 21.7 Å². The average Bonchev–Trinajstić information content (AvgIpc) is 2.75. The van der Waals surface area contributed by atoms with Gasteiger partial charge in [0.25, 0.3) is 5.91 Å². The minimum Gasteiger partial charge on any atom is -0.382 e. The van der Waals surface area contributed by atoms with Crippen LogP contribution in [0.3, 0.4) is 0 Å². The molecule has 0 unspecified atom stereocenters. The number of nitrogen functional groups attached to an aromatic ring is 1. The molecule has 0 bridgehead atoms. The maximum atomic E-state index is 11.9. The predicted molar refractivity (Wildman–Crippen MR) is 76.2 cm³/mol. The van der Waals surface area contributed by atoms with Crippen LogP contribution in [0.15, 0.2) is 0 Å². The Morgan fingerprint density at radius 3 is 2.74 bits per heavy atom. The molecule has 1 aromatic heterocycles. The van der Waals surface area contributed by atoms with Crippen molar-refractivity contribution in [2.24, 2.45) is 5.73 Å². The third-order valence-corrected chi connectivity index (χ3v) is 3.72. The van der Waals surface area contributed by atoms with Crippen molar-refractivity contribution in [1.29, 1.82) is 0 Å². The van der Waals surface area contributed by atoms with E-state index in [1.165, 1.54) is 11.3 Å². The smallest absolute Gasteiger partial charge is 0.265 e. The fourth-order valence-corrected chi connectivity index (χ4v) is 2.25. The minimum absolute atomic E-state index is 0.229. The standard InChI is InChI=1S/C11H19N5O2S/c1-3-16(2)11-15-9(13)8(19-11)10(18)14-6-4-5-7(12)17/h3-6,13H2,1-2H3,(H2,12,17)(H,14,18). The van der Waals surface area contributed by atoms with E-state index in [4.69, 9.17) is 11.5 Å². The fourth-order valence-electron chi connectivity index (χ4n) is 1.33. The number of aromatic nitrogens is 1. The number of nitrogens with two attached hydrogens (primary N) is 2. The Labute approximate surface area is 116 Å². The Morgan fingerprint density at radius 2 is 2.16 bits per heavy atom. The summed E-state index contributed by atoms with van der Waals surface area (Å²) in [6, 6.07) is 0. The van der Waals surface area contributed by atoms with Gasteiger partial charge in [-0.1, -0.05) is 11.3 Å². The molecule has 0 aliphatic rings. The molecule has 0 atom stereocenters. The Kier molecular flexibility index (Phi) is 5.56. The van der Waals surface area contributed by atoms with Crippen molar-refractivity contribution >= 4 is 34.1 Å². The van der Waals surface area contributed by atoms with Gasteiger partial charge in [-0.3, -0.25) is 9.59 Å². The fraction of sp³-hybridized carbons (Fsp3) is 0.545. The van der Waals surface area contributed by atoms with Crippen LogP contribution >= 0.6 is 11.3 Å². The summed E-state index contributed by atoms with van der Waals surface area (Å²) >= 11 is 1.25. The maximum absolute atomic E-state index is 11.9. The number of carbonyl (C=O) groups is 2. The SMILES string of the molecule is CCN(C)c1nc(N)c(C(=O)NCCCC(N)=O)s1. The van der Waals surface area contributed by atoms with E-state index in [9.17, 15) is 9.59 Å². The van der Waals surface area contributed by atoms with Crippen LogP contribution in [0.2, 0.25) is 0 Å². The van der Waals surface area contributed by atoms with E-state index < -0.39 is 0 Å². The molecule has 2 amide bonds. The van der Waals surface area contributed by atoms with Gasteiger partial charge in [-0.15, -0.1) is 0 Å². The zero-order chi connectivity index (χ0) is 14.4. The summed E-state index contributed by atoms with van der Waals surface area (Å²) < 4.78 is 0. The molecule has 0 spiro atoms. The summed E-state index contributed by atoms with van der Waals surface area (Å²) in [7, 11) is 1.88. The molecule has 0 aliphatic carbocycles. The molecular weight excluding hydrogens is 266 g/mol. The molecule has 0 saturated heterocycles. The lowest BCUT2D eigenvalue weighted by molar-refractivity contribution is -0.118. The first-order valence-electron chi connectivity index (χ1n) is 5.99. The number of hydrogen-bond acceptors (Lipinski definition) is 6. The highest BCUT2D eigenvalue weighted by Crippen LogP contribution is 2.27. The van der Waals surface area contributed by atoms with Gasteiger partial charge in [-0.25, -0.2) is 4.98 Å². The van der Waals surface area contributed by atoms with Gasteiger partial charge in [0, 0.05) is 26.6 Å². The van der Waals surface area contributed by atoms with Crippen molar-refractivity contribution in [3.05, 3.63) is 4.88 Å². The summed E-state index contributed by atoms with van der Waals surface area (Å²) in [6.07, 6.45) is 0.768. The van der Waals surface area contributed by atoms with E-state index in [0.717, 1.165) is 6.54 Å². The molecular formula is C11H19N5O2S. The number of hydrogen-bond donors (Lipinski definition) is 3. The number of rotatable bonds is 7. The number of primary amides is 1. The van der Waals surface area contributed by atoms with E-state index in [1.54, 1.807) is 0 Å². The molecule has 0 fully saturated rings. The minimum atomic E-state index is -0.376.